The number of carbonyl (C=O) groups excluding carboxylic acids is 1. The van der Waals surface area contributed by atoms with E-state index >= 15 is 0 Å². The molecule has 1 aromatic carbocycles. The fourth-order valence-electron chi connectivity index (χ4n) is 2.63. The first kappa shape index (κ1) is 13.8. The highest BCUT2D eigenvalue weighted by atomic mass is 16.1. The van der Waals surface area contributed by atoms with Crippen LogP contribution in [0, 0.1) is 0 Å². The van der Waals surface area contributed by atoms with Crippen LogP contribution in [0.3, 0.4) is 0 Å². The van der Waals surface area contributed by atoms with Crippen molar-refractivity contribution in [3.63, 3.8) is 0 Å². The summed E-state index contributed by atoms with van der Waals surface area (Å²) in [7, 11) is 0. The zero-order valence-corrected chi connectivity index (χ0v) is 11.9. The van der Waals surface area contributed by atoms with E-state index in [9.17, 15) is 4.79 Å². The number of rotatable bonds is 4. The van der Waals surface area contributed by atoms with Crippen molar-refractivity contribution < 1.29 is 4.79 Å². The Hall–Kier alpha value is -2.14. The van der Waals surface area contributed by atoms with E-state index in [-0.39, 0.29) is 11.9 Å². The van der Waals surface area contributed by atoms with Crippen LogP contribution in [0.15, 0.2) is 36.5 Å². The quantitative estimate of drug-likeness (QED) is 0.802. The average Bonchev–Trinajstić information content (AvgIpc) is 2.96. The van der Waals surface area contributed by atoms with Crippen LogP contribution in [0.25, 0.3) is 11.3 Å². The zero-order valence-electron chi connectivity index (χ0n) is 11.9. The van der Waals surface area contributed by atoms with Crippen molar-refractivity contribution in [2.24, 2.45) is 0 Å². The van der Waals surface area contributed by atoms with Crippen LogP contribution in [-0.2, 0) is 11.3 Å². The second kappa shape index (κ2) is 6.54. The Labute approximate surface area is 124 Å². The summed E-state index contributed by atoms with van der Waals surface area (Å²) in [5.41, 5.74) is 3.38. The van der Waals surface area contributed by atoms with Crippen molar-refractivity contribution in [1.29, 1.82) is 0 Å². The van der Waals surface area contributed by atoms with Crippen molar-refractivity contribution in [3.8, 4) is 11.3 Å². The molecule has 0 saturated carbocycles. The molecule has 1 atom stereocenters. The van der Waals surface area contributed by atoms with Crippen molar-refractivity contribution in [2.75, 3.05) is 6.54 Å². The van der Waals surface area contributed by atoms with Gasteiger partial charge in [0.2, 0.25) is 5.91 Å². The Morgan fingerprint density at radius 2 is 2.10 bits per heavy atom. The number of hydrogen-bond donors (Lipinski definition) is 3. The van der Waals surface area contributed by atoms with Gasteiger partial charge in [-0.15, -0.1) is 0 Å². The summed E-state index contributed by atoms with van der Waals surface area (Å²) in [6.45, 7) is 1.59. The first-order valence-corrected chi connectivity index (χ1v) is 7.40. The Kier molecular flexibility index (Phi) is 4.31. The minimum absolute atomic E-state index is 0.152. The van der Waals surface area contributed by atoms with Crippen LogP contribution in [-0.4, -0.2) is 28.7 Å². The maximum atomic E-state index is 11.5. The van der Waals surface area contributed by atoms with E-state index in [4.69, 9.17) is 0 Å². The highest BCUT2D eigenvalue weighted by Gasteiger charge is 2.16. The van der Waals surface area contributed by atoms with Gasteiger partial charge in [-0.05, 0) is 30.0 Å². The fraction of sp³-hybridized carbons (Fsp3) is 0.375. The summed E-state index contributed by atoms with van der Waals surface area (Å²) in [4.78, 5) is 11.5. The molecule has 0 aliphatic carbocycles. The maximum Gasteiger partial charge on any atom is 0.221 e. The summed E-state index contributed by atoms with van der Waals surface area (Å²) in [5.74, 6) is 0.152. The molecule has 5 nitrogen and oxygen atoms in total. The molecule has 0 bridgehead atoms. The lowest BCUT2D eigenvalue weighted by atomic mass is 10.1. The van der Waals surface area contributed by atoms with E-state index in [1.165, 1.54) is 5.56 Å². The van der Waals surface area contributed by atoms with E-state index in [1.807, 2.05) is 6.07 Å². The van der Waals surface area contributed by atoms with Crippen LogP contribution in [0.5, 0.6) is 0 Å². The van der Waals surface area contributed by atoms with Crippen molar-refractivity contribution >= 4 is 5.91 Å². The largest absolute Gasteiger partial charge is 0.356 e. The van der Waals surface area contributed by atoms with Crippen molar-refractivity contribution in [1.82, 2.24) is 20.8 Å². The number of nitrogens with zero attached hydrogens (tertiary/aromatic N) is 1. The van der Waals surface area contributed by atoms with Gasteiger partial charge in [-0.3, -0.25) is 9.89 Å². The Morgan fingerprint density at radius 1 is 1.24 bits per heavy atom. The van der Waals surface area contributed by atoms with Crippen LogP contribution >= 0.6 is 0 Å². The molecule has 110 valence electrons. The number of aromatic amines is 1. The number of nitrogens with one attached hydrogen (secondary N) is 3. The molecule has 2 heterocycles. The van der Waals surface area contributed by atoms with Crippen LogP contribution in [0.4, 0.5) is 0 Å². The molecule has 1 saturated heterocycles. The van der Waals surface area contributed by atoms with Gasteiger partial charge in [0.05, 0.1) is 5.69 Å². The lowest BCUT2D eigenvalue weighted by Gasteiger charge is -2.15. The second-order valence-corrected chi connectivity index (χ2v) is 5.44. The van der Waals surface area contributed by atoms with Gasteiger partial charge in [-0.1, -0.05) is 24.3 Å². The molecule has 1 amide bonds. The van der Waals surface area contributed by atoms with Crippen molar-refractivity contribution in [3.05, 3.63) is 42.1 Å². The Balaban J connectivity index is 1.56. The van der Waals surface area contributed by atoms with Gasteiger partial charge in [-0.25, -0.2) is 0 Å². The highest BCUT2D eigenvalue weighted by Crippen LogP contribution is 2.17. The third kappa shape index (κ3) is 3.70. The Morgan fingerprint density at radius 3 is 2.86 bits per heavy atom. The number of amides is 1. The molecule has 0 radical (unpaired) electrons. The van der Waals surface area contributed by atoms with E-state index in [0.29, 0.717) is 6.42 Å². The molecular weight excluding hydrogens is 264 g/mol. The summed E-state index contributed by atoms with van der Waals surface area (Å²) in [5, 5.41) is 13.3. The summed E-state index contributed by atoms with van der Waals surface area (Å²) in [6.07, 6.45) is 4.42. The monoisotopic (exact) mass is 284 g/mol. The van der Waals surface area contributed by atoms with E-state index < -0.39 is 0 Å². The normalized spacial score (nSPS) is 19.0. The summed E-state index contributed by atoms with van der Waals surface area (Å²) >= 11 is 0. The highest BCUT2D eigenvalue weighted by molar-refractivity contribution is 5.76. The van der Waals surface area contributed by atoms with E-state index in [2.05, 4.69) is 45.1 Å². The minimum atomic E-state index is 0.152. The summed E-state index contributed by atoms with van der Waals surface area (Å²) < 4.78 is 0. The molecular formula is C16H20N4O. The van der Waals surface area contributed by atoms with Crippen molar-refractivity contribution in [2.45, 2.75) is 31.8 Å². The molecule has 5 heteroatoms. The standard InChI is InChI=1S/C16H20N4O/c21-16-10-14(2-1-8-17-16)18-11-12-3-5-13(6-4-12)15-7-9-19-20-15/h3-7,9,14,18H,1-2,8,10-11H2,(H,17,21)(H,19,20). The lowest BCUT2D eigenvalue weighted by molar-refractivity contribution is -0.121. The van der Waals surface area contributed by atoms with Gasteiger partial charge in [0, 0.05) is 31.7 Å². The molecule has 1 fully saturated rings. The van der Waals surface area contributed by atoms with Gasteiger partial charge < -0.3 is 10.6 Å². The molecule has 3 rings (SSSR count). The van der Waals surface area contributed by atoms with Gasteiger partial charge >= 0.3 is 0 Å². The second-order valence-electron chi connectivity index (χ2n) is 5.44. The molecule has 3 N–H and O–H groups in total. The minimum Gasteiger partial charge on any atom is -0.356 e. The van der Waals surface area contributed by atoms with Gasteiger partial charge in [0.15, 0.2) is 0 Å². The number of aromatic nitrogens is 2. The van der Waals surface area contributed by atoms with E-state index in [0.717, 1.165) is 37.2 Å². The first-order chi connectivity index (χ1) is 10.3. The number of hydrogen-bond acceptors (Lipinski definition) is 3. The molecule has 2 aromatic rings. The molecule has 1 unspecified atom stereocenters. The Bertz CT molecular complexity index is 577. The summed E-state index contributed by atoms with van der Waals surface area (Å²) in [6, 6.07) is 10.6. The topological polar surface area (TPSA) is 69.8 Å². The number of benzene rings is 1. The molecule has 0 spiro atoms. The number of H-pyrrole nitrogens is 1. The SMILES string of the molecule is O=C1CC(NCc2ccc(-c3ccn[nH]3)cc2)CCCN1. The third-order valence-corrected chi connectivity index (χ3v) is 3.84. The predicted molar refractivity (Wildman–Crippen MR) is 81.5 cm³/mol. The average molecular weight is 284 g/mol. The number of carbonyl (C=O) groups is 1. The first-order valence-electron chi connectivity index (χ1n) is 7.40. The fourth-order valence-corrected chi connectivity index (χ4v) is 2.63. The van der Waals surface area contributed by atoms with Gasteiger partial charge in [-0.2, -0.15) is 5.10 Å². The van der Waals surface area contributed by atoms with E-state index in [1.54, 1.807) is 6.20 Å². The molecule has 21 heavy (non-hydrogen) atoms. The smallest absolute Gasteiger partial charge is 0.221 e. The maximum absolute atomic E-state index is 11.5. The van der Waals surface area contributed by atoms with Gasteiger partial charge in [0.1, 0.15) is 0 Å². The van der Waals surface area contributed by atoms with Gasteiger partial charge in [0.25, 0.3) is 0 Å². The van der Waals surface area contributed by atoms with Crippen LogP contribution in [0.2, 0.25) is 0 Å². The third-order valence-electron chi connectivity index (χ3n) is 3.84. The molecule has 1 aromatic heterocycles. The lowest BCUT2D eigenvalue weighted by Crippen LogP contribution is -2.32. The zero-order chi connectivity index (χ0) is 14.5. The molecule has 1 aliphatic rings. The predicted octanol–water partition coefficient (Wildman–Crippen LogP) is 1.83. The van der Waals surface area contributed by atoms with Crippen LogP contribution < -0.4 is 10.6 Å². The van der Waals surface area contributed by atoms with Crippen LogP contribution in [0.1, 0.15) is 24.8 Å². The molecule has 1 aliphatic heterocycles.